The third-order valence-electron chi connectivity index (χ3n) is 2.84. The van der Waals surface area contributed by atoms with Gasteiger partial charge in [0, 0.05) is 25.1 Å². The molecule has 1 aromatic rings. The summed E-state index contributed by atoms with van der Waals surface area (Å²) in [5.74, 6) is 0.0475. The van der Waals surface area contributed by atoms with E-state index in [1.807, 2.05) is 31.3 Å². The fraction of sp³-hybridized carbons (Fsp3) is 0.500. The van der Waals surface area contributed by atoms with Crippen LogP contribution in [-0.2, 0) is 9.53 Å². The van der Waals surface area contributed by atoms with E-state index in [0.29, 0.717) is 18.0 Å². The lowest BCUT2D eigenvalue weighted by Gasteiger charge is -2.16. The first-order chi connectivity index (χ1) is 9.17. The Hall–Kier alpha value is -0.810. The second-order valence-corrected chi connectivity index (χ2v) is 4.72. The van der Waals surface area contributed by atoms with Crippen LogP contribution in [0.3, 0.4) is 0 Å². The number of carbonyl (C=O) groups is 1. The zero-order chi connectivity index (χ0) is 14.1. The lowest BCUT2D eigenvalue weighted by atomic mass is 10.1. The molecule has 1 amide bonds. The molecule has 0 aromatic heterocycles. The van der Waals surface area contributed by atoms with Gasteiger partial charge in [-0.3, -0.25) is 4.79 Å². The summed E-state index contributed by atoms with van der Waals surface area (Å²) >= 11 is 5.84. The fourth-order valence-electron chi connectivity index (χ4n) is 1.74. The summed E-state index contributed by atoms with van der Waals surface area (Å²) in [6.45, 7) is 1.31. The van der Waals surface area contributed by atoms with E-state index in [1.165, 1.54) is 0 Å². The molecule has 0 aliphatic rings. The predicted molar refractivity (Wildman–Crippen MR) is 84.6 cm³/mol. The molecule has 20 heavy (non-hydrogen) atoms. The van der Waals surface area contributed by atoms with E-state index in [4.69, 9.17) is 16.3 Å². The summed E-state index contributed by atoms with van der Waals surface area (Å²) in [5.41, 5.74) is 1.00. The zero-order valence-electron chi connectivity index (χ0n) is 11.8. The van der Waals surface area contributed by atoms with E-state index in [9.17, 15) is 4.79 Å². The minimum Gasteiger partial charge on any atom is -0.375 e. The SMILES string of the molecule is CNCCCC(=O)NCC(OC)c1ccc(Cl)cc1.Cl. The van der Waals surface area contributed by atoms with E-state index in [2.05, 4.69) is 10.6 Å². The molecule has 2 N–H and O–H groups in total. The van der Waals surface area contributed by atoms with Crippen LogP contribution in [0.1, 0.15) is 24.5 Å². The normalized spacial score (nSPS) is 11.6. The number of methoxy groups -OCH3 is 1. The quantitative estimate of drug-likeness (QED) is 0.724. The molecule has 1 atom stereocenters. The highest BCUT2D eigenvalue weighted by molar-refractivity contribution is 6.30. The van der Waals surface area contributed by atoms with E-state index < -0.39 is 0 Å². The molecule has 6 heteroatoms. The Kier molecular flexibility index (Phi) is 10.5. The Morgan fingerprint density at radius 1 is 1.35 bits per heavy atom. The van der Waals surface area contributed by atoms with Gasteiger partial charge in [-0.15, -0.1) is 12.4 Å². The summed E-state index contributed by atoms with van der Waals surface area (Å²) in [5, 5.41) is 6.58. The van der Waals surface area contributed by atoms with Crippen LogP contribution in [-0.4, -0.2) is 33.2 Å². The minimum absolute atomic E-state index is 0. The van der Waals surface area contributed by atoms with Crippen molar-refractivity contribution in [2.24, 2.45) is 0 Å². The molecule has 0 spiro atoms. The number of rotatable bonds is 8. The van der Waals surface area contributed by atoms with Gasteiger partial charge in [-0.1, -0.05) is 23.7 Å². The molecule has 0 radical (unpaired) electrons. The zero-order valence-corrected chi connectivity index (χ0v) is 13.4. The van der Waals surface area contributed by atoms with Crippen LogP contribution in [0.5, 0.6) is 0 Å². The number of ether oxygens (including phenoxy) is 1. The molecule has 1 aromatic carbocycles. The molecule has 1 rings (SSSR count). The van der Waals surface area contributed by atoms with Gasteiger partial charge >= 0.3 is 0 Å². The summed E-state index contributed by atoms with van der Waals surface area (Å²) in [6.07, 6.45) is 1.21. The van der Waals surface area contributed by atoms with Gasteiger partial charge in [0.2, 0.25) is 5.91 Å². The van der Waals surface area contributed by atoms with Crippen LogP contribution < -0.4 is 10.6 Å². The molecular formula is C14H22Cl2N2O2. The van der Waals surface area contributed by atoms with Gasteiger partial charge in [0.15, 0.2) is 0 Å². The van der Waals surface area contributed by atoms with Crippen molar-refractivity contribution >= 4 is 29.9 Å². The second kappa shape index (κ2) is 10.9. The topological polar surface area (TPSA) is 50.4 Å². The van der Waals surface area contributed by atoms with Gasteiger partial charge in [0.05, 0.1) is 6.10 Å². The molecule has 0 aliphatic carbocycles. The van der Waals surface area contributed by atoms with Crippen molar-refractivity contribution in [2.45, 2.75) is 18.9 Å². The first kappa shape index (κ1) is 19.2. The first-order valence-electron chi connectivity index (χ1n) is 6.37. The molecule has 0 heterocycles. The maximum Gasteiger partial charge on any atom is 0.220 e. The molecule has 4 nitrogen and oxygen atoms in total. The molecule has 0 saturated carbocycles. The maximum absolute atomic E-state index is 11.6. The minimum atomic E-state index is -0.148. The highest BCUT2D eigenvalue weighted by Gasteiger charge is 2.11. The lowest BCUT2D eigenvalue weighted by Crippen LogP contribution is -2.29. The fourth-order valence-corrected chi connectivity index (χ4v) is 1.86. The van der Waals surface area contributed by atoms with E-state index >= 15 is 0 Å². The van der Waals surface area contributed by atoms with Gasteiger partial charge in [-0.05, 0) is 37.7 Å². The Morgan fingerprint density at radius 2 is 2.00 bits per heavy atom. The molecule has 114 valence electrons. The first-order valence-corrected chi connectivity index (χ1v) is 6.74. The molecule has 0 bridgehead atoms. The number of benzene rings is 1. The van der Waals surface area contributed by atoms with E-state index in [0.717, 1.165) is 18.5 Å². The van der Waals surface area contributed by atoms with Gasteiger partial charge in [0.1, 0.15) is 0 Å². The van der Waals surface area contributed by atoms with Crippen LogP contribution in [0.4, 0.5) is 0 Å². The van der Waals surface area contributed by atoms with Crippen molar-refractivity contribution in [3.05, 3.63) is 34.9 Å². The summed E-state index contributed by atoms with van der Waals surface area (Å²) < 4.78 is 5.38. The van der Waals surface area contributed by atoms with Gasteiger partial charge in [-0.2, -0.15) is 0 Å². The Labute approximate surface area is 131 Å². The van der Waals surface area contributed by atoms with E-state index in [1.54, 1.807) is 7.11 Å². The third kappa shape index (κ3) is 7.10. The van der Waals surface area contributed by atoms with Crippen molar-refractivity contribution in [1.82, 2.24) is 10.6 Å². The second-order valence-electron chi connectivity index (χ2n) is 4.29. The number of carbonyl (C=O) groups excluding carboxylic acids is 1. The Morgan fingerprint density at radius 3 is 2.55 bits per heavy atom. The number of nitrogens with one attached hydrogen (secondary N) is 2. The number of halogens is 2. The molecular weight excluding hydrogens is 299 g/mol. The standard InChI is InChI=1S/C14H21ClN2O2.ClH/c1-16-9-3-4-14(18)17-10-13(19-2)11-5-7-12(15)8-6-11;/h5-8,13,16H,3-4,9-10H2,1-2H3,(H,17,18);1H. The summed E-state index contributed by atoms with van der Waals surface area (Å²) in [6, 6.07) is 7.45. The lowest BCUT2D eigenvalue weighted by molar-refractivity contribution is -0.121. The molecule has 0 saturated heterocycles. The van der Waals surface area contributed by atoms with Crippen LogP contribution in [0.2, 0.25) is 5.02 Å². The van der Waals surface area contributed by atoms with Crippen molar-refractivity contribution in [3.8, 4) is 0 Å². The number of amides is 1. The Balaban J connectivity index is 0.00000361. The molecule has 1 unspecified atom stereocenters. The van der Waals surface area contributed by atoms with Gasteiger partial charge in [0.25, 0.3) is 0 Å². The highest BCUT2D eigenvalue weighted by atomic mass is 35.5. The van der Waals surface area contributed by atoms with Gasteiger partial charge < -0.3 is 15.4 Å². The smallest absolute Gasteiger partial charge is 0.220 e. The van der Waals surface area contributed by atoms with Crippen molar-refractivity contribution in [1.29, 1.82) is 0 Å². The predicted octanol–water partition coefficient (Wildman–Crippen LogP) is 2.57. The van der Waals surface area contributed by atoms with Crippen molar-refractivity contribution < 1.29 is 9.53 Å². The van der Waals surface area contributed by atoms with Crippen molar-refractivity contribution in [3.63, 3.8) is 0 Å². The van der Waals surface area contributed by atoms with Crippen LogP contribution in [0, 0.1) is 0 Å². The van der Waals surface area contributed by atoms with Crippen LogP contribution >= 0.6 is 24.0 Å². The number of hydrogen-bond acceptors (Lipinski definition) is 3. The molecule has 0 aliphatic heterocycles. The monoisotopic (exact) mass is 320 g/mol. The average molecular weight is 321 g/mol. The largest absolute Gasteiger partial charge is 0.375 e. The van der Waals surface area contributed by atoms with Crippen molar-refractivity contribution in [2.75, 3.05) is 27.2 Å². The average Bonchev–Trinajstić information content (AvgIpc) is 2.41. The maximum atomic E-state index is 11.6. The van der Waals surface area contributed by atoms with Crippen LogP contribution in [0.15, 0.2) is 24.3 Å². The summed E-state index contributed by atoms with van der Waals surface area (Å²) in [7, 11) is 3.51. The van der Waals surface area contributed by atoms with Gasteiger partial charge in [-0.25, -0.2) is 0 Å². The number of hydrogen-bond donors (Lipinski definition) is 2. The van der Waals surface area contributed by atoms with E-state index in [-0.39, 0.29) is 24.4 Å². The highest BCUT2D eigenvalue weighted by Crippen LogP contribution is 2.18. The third-order valence-corrected chi connectivity index (χ3v) is 3.09. The van der Waals surface area contributed by atoms with Crippen LogP contribution in [0.25, 0.3) is 0 Å². The Bertz CT molecular complexity index is 385. The molecule has 0 fully saturated rings. The summed E-state index contributed by atoms with van der Waals surface area (Å²) in [4.78, 5) is 11.6.